The topological polar surface area (TPSA) is 104 Å². The summed E-state index contributed by atoms with van der Waals surface area (Å²) in [5, 5.41) is 17.0. The van der Waals surface area contributed by atoms with Crippen molar-refractivity contribution in [3.8, 4) is 0 Å². The highest BCUT2D eigenvalue weighted by atomic mass is 35.5. The summed E-state index contributed by atoms with van der Waals surface area (Å²) in [6.45, 7) is 2.36. The quantitative estimate of drug-likeness (QED) is 0.561. The molecule has 2 amide bonds. The molecule has 0 aromatic carbocycles. The summed E-state index contributed by atoms with van der Waals surface area (Å²) in [5.41, 5.74) is 1.93. The van der Waals surface area contributed by atoms with Crippen LogP contribution in [0.4, 0.5) is 0 Å². The van der Waals surface area contributed by atoms with Gasteiger partial charge in [-0.2, -0.15) is 5.10 Å². The van der Waals surface area contributed by atoms with Gasteiger partial charge in [0.2, 0.25) is 0 Å². The van der Waals surface area contributed by atoms with Gasteiger partial charge < -0.3 is 15.3 Å². The predicted octanol–water partition coefficient (Wildman–Crippen LogP) is 3.59. The molecule has 0 saturated heterocycles. The second-order valence-corrected chi connectivity index (χ2v) is 10.0. The summed E-state index contributed by atoms with van der Waals surface area (Å²) in [6, 6.07) is 3.72. The lowest BCUT2D eigenvalue weighted by Crippen LogP contribution is -2.37. The minimum absolute atomic E-state index is 0.00476. The van der Waals surface area contributed by atoms with Gasteiger partial charge in [0.15, 0.2) is 11.5 Å². The first-order valence-corrected chi connectivity index (χ1v) is 12.6. The van der Waals surface area contributed by atoms with Crippen LogP contribution in [0.15, 0.2) is 12.1 Å². The minimum Gasteiger partial charge on any atom is -0.393 e. The van der Waals surface area contributed by atoms with E-state index in [1.807, 2.05) is 19.1 Å². The third-order valence-corrected chi connectivity index (χ3v) is 7.26. The van der Waals surface area contributed by atoms with E-state index < -0.39 is 5.91 Å². The lowest BCUT2D eigenvalue weighted by atomic mass is 9.84. The van der Waals surface area contributed by atoms with Gasteiger partial charge in [-0.25, -0.2) is 4.52 Å². The fourth-order valence-electron chi connectivity index (χ4n) is 4.84. The predicted molar refractivity (Wildman–Crippen MR) is 129 cm³/mol. The van der Waals surface area contributed by atoms with Crippen LogP contribution in [0.5, 0.6) is 0 Å². The highest BCUT2D eigenvalue weighted by Crippen LogP contribution is 2.41. The van der Waals surface area contributed by atoms with E-state index in [1.165, 1.54) is 9.42 Å². The molecule has 2 N–H and O–H groups in total. The van der Waals surface area contributed by atoms with Gasteiger partial charge in [-0.3, -0.25) is 14.4 Å². The van der Waals surface area contributed by atoms with E-state index in [4.69, 9.17) is 11.6 Å². The van der Waals surface area contributed by atoms with Crippen LogP contribution in [0.25, 0.3) is 5.52 Å². The molecular weight excluding hydrogens is 456 g/mol. The van der Waals surface area contributed by atoms with Crippen LogP contribution < -0.4 is 5.32 Å². The van der Waals surface area contributed by atoms with Crippen molar-refractivity contribution in [2.45, 2.75) is 70.3 Å². The first-order valence-electron chi connectivity index (χ1n) is 12.3. The van der Waals surface area contributed by atoms with Crippen molar-refractivity contribution in [2.24, 2.45) is 5.92 Å². The van der Waals surface area contributed by atoms with E-state index in [9.17, 15) is 19.5 Å². The van der Waals surface area contributed by atoms with E-state index >= 15 is 0 Å². The number of nitrogens with zero attached hydrogens (tertiary/aromatic N) is 3. The Kier molecular flexibility index (Phi) is 7.57. The molecule has 8 nitrogen and oxygen atoms in total. The average Bonchev–Trinajstić information content (AvgIpc) is 3.62. The van der Waals surface area contributed by atoms with Crippen LogP contribution in [0.2, 0.25) is 5.02 Å². The number of carbonyl (C=O) groups excluding carboxylic acids is 3. The van der Waals surface area contributed by atoms with Gasteiger partial charge in [0.05, 0.1) is 23.2 Å². The second-order valence-electron chi connectivity index (χ2n) is 9.63. The van der Waals surface area contributed by atoms with Crippen molar-refractivity contribution in [3.63, 3.8) is 0 Å². The number of fused-ring (bicyclic) bond motifs is 1. The molecule has 2 saturated carbocycles. The molecular formula is C25H33ClN4O4. The average molecular weight is 489 g/mol. The number of ketones is 1. The number of aliphatic hydroxyl groups excluding tert-OH is 1. The Hall–Kier alpha value is -2.45. The Bertz CT molecular complexity index is 1090. The van der Waals surface area contributed by atoms with Crippen molar-refractivity contribution >= 4 is 34.7 Å². The number of Topliss-reactive ketones (excluding diaryl/α,β-unsaturated/α-hetero) is 1. The maximum Gasteiger partial charge on any atom is 0.276 e. The maximum atomic E-state index is 13.5. The number of amides is 2. The van der Waals surface area contributed by atoms with Crippen molar-refractivity contribution in [1.82, 2.24) is 19.8 Å². The normalized spacial score (nSPS) is 20.4. The summed E-state index contributed by atoms with van der Waals surface area (Å²) in [6.07, 6.45) is 6.07. The van der Waals surface area contributed by atoms with Gasteiger partial charge in [0.1, 0.15) is 5.69 Å². The van der Waals surface area contributed by atoms with Gasteiger partial charge in [-0.1, -0.05) is 18.5 Å². The highest BCUT2D eigenvalue weighted by molar-refractivity contribution is 6.37. The molecule has 4 rings (SSSR count). The minimum atomic E-state index is -0.404. The summed E-state index contributed by atoms with van der Waals surface area (Å²) < 4.78 is 1.43. The molecule has 2 heterocycles. The molecule has 0 bridgehead atoms. The smallest absolute Gasteiger partial charge is 0.276 e. The van der Waals surface area contributed by atoms with Crippen LogP contribution in [-0.2, 0) is 4.79 Å². The van der Waals surface area contributed by atoms with Crippen molar-refractivity contribution in [3.05, 3.63) is 34.1 Å². The number of pyridine rings is 1. The molecule has 34 heavy (non-hydrogen) atoms. The zero-order valence-electron chi connectivity index (χ0n) is 19.8. The summed E-state index contributed by atoms with van der Waals surface area (Å²) in [5.74, 6) is -0.0503. The van der Waals surface area contributed by atoms with E-state index in [1.54, 1.807) is 7.05 Å². The van der Waals surface area contributed by atoms with Crippen LogP contribution >= 0.6 is 11.6 Å². The van der Waals surface area contributed by atoms with Crippen LogP contribution in [0.1, 0.15) is 90.7 Å². The fourth-order valence-corrected chi connectivity index (χ4v) is 5.09. The molecule has 184 valence electrons. The Labute approximate surface area is 204 Å². The van der Waals surface area contributed by atoms with Gasteiger partial charge in [0.25, 0.3) is 11.8 Å². The van der Waals surface area contributed by atoms with Crippen molar-refractivity contribution in [2.75, 3.05) is 20.1 Å². The lowest BCUT2D eigenvalue weighted by Gasteiger charge is -2.26. The molecule has 0 aliphatic heterocycles. The molecule has 2 fully saturated rings. The molecule has 2 aromatic rings. The van der Waals surface area contributed by atoms with E-state index in [0.29, 0.717) is 36.5 Å². The number of halogens is 1. The Morgan fingerprint density at radius 3 is 2.50 bits per heavy atom. The monoisotopic (exact) mass is 488 g/mol. The third-order valence-electron chi connectivity index (χ3n) is 6.89. The molecule has 2 aliphatic carbocycles. The zero-order valence-corrected chi connectivity index (χ0v) is 20.6. The van der Waals surface area contributed by atoms with Gasteiger partial charge in [0, 0.05) is 20.0 Å². The first-order chi connectivity index (χ1) is 16.3. The third kappa shape index (κ3) is 5.28. The fraction of sp³-hybridized carbons (Fsp3) is 0.600. The Morgan fingerprint density at radius 2 is 1.88 bits per heavy atom. The highest BCUT2D eigenvalue weighted by Gasteiger charge is 2.30. The lowest BCUT2D eigenvalue weighted by molar-refractivity contribution is -0.121. The molecule has 0 unspecified atom stereocenters. The summed E-state index contributed by atoms with van der Waals surface area (Å²) in [4.78, 5) is 40.3. The molecule has 0 atom stereocenters. The molecule has 9 heteroatoms. The second kappa shape index (κ2) is 10.4. The Morgan fingerprint density at radius 1 is 1.18 bits per heavy atom. The number of hydrogen-bond donors (Lipinski definition) is 2. The number of carbonyl (C=O) groups is 3. The molecule has 2 aromatic heterocycles. The largest absolute Gasteiger partial charge is 0.393 e. The number of aliphatic hydroxyl groups is 1. The number of nitrogens with one attached hydrogen (secondary N) is 1. The van der Waals surface area contributed by atoms with E-state index in [0.717, 1.165) is 44.1 Å². The van der Waals surface area contributed by atoms with E-state index in [-0.39, 0.29) is 41.0 Å². The van der Waals surface area contributed by atoms with Crippen LogP contribution in [0, 0.1) is 5.92 Å². The number of aromatic nitrogens is 2. The van der Waals surface area contributed by atoms with Crippen molar-refractivity contribution in [1.29, 1.82) is 0 Å². The van der Waals surface area contributed by atoms with Gasteiger partial charge in [-0.15, -0.1) is 0 Å². The standard InChI is InChI=1S/C25H33ClN4O4/c1-3-10-29(14-19(32)11-15-4-8-18(31)9-5-15)25(34)23-22(26)20-12-17(16-6-7-16)13-21(24(33)27-2)30(20)28-23/h12-13,15-16,18,31H,3-11,14H2,1-2H3,(H,27,33). The van der Waals surface area contributed by atoms with Crippen LogP contribution in [0.3, 0.4) is 0 Å². The van der Waals surface area contributed by atoms with Crippen LogP contribution in [-0.4, -0.2) is 63.5 Å². The summed E-state index contributed by atoms with van der Waals surface area (Å²) >= 11 is 6.65. The maximum absolute atomic E-state index is 13.5. The number of hydrogen-bond acceptors (Lipinski definition) is 5. The molecule has 0 radical (unpaired) electrons. The molecule has 0 spiro atoms. The first kappa shape index (κ1) is 24.7. The van der Waals surface area contributed by atoms with E-state index in [2.05, 4.69) is 10.4 Å². The van der Waals surface area contributed by atoms with Gasteiger partial charge in [-0.05, 0) is 74.5 Å². The molecule has 2 aliphatic rings. The van der Waals surface area contributed by atoms with Crippen molar-refractivity contribution < 1.29 is 19.5 Å². The number of rotatable bonds is 9. The SMILES string of the molecule is CCCN(CC(=O)CC1CCC(O)CC1)C(=O)c1nn2c(C(=O)NC)cc(C3CC3)cc2c1Cl. The zero-order chi connectivity index (χ0) is 24.4. The summed E-state index contributed by atoms with van der Waals surface area (Å²) in [7, 11) is 1.55. The Balaban J connectivity index is 1.58. The van der Waals surface area contributed by atoms with Gasteiger partial charge >= 0.3 is 0 Å².